The predicted octanol–water partition coefficient (Wildman–Crippen LogP) is 2.83. The van der Waals surface area contributed by atoms with E-state index in [9.17, 15) is 18.0 Å². The summed E-state index contributed by atoms with van der Waals surface area (Å²) >= 11 is 0. The van der Waals surface area contributed by atoms with Gasteiger partial charge < -0.3 is 15.1 Å². The molecule has 0 spiro atoms. The number of alkyl halides is 3. The highest BCUT2D eigenvalue weighted by molar-refractivity contribution is 5.58. The smallest absolute Gasteiger partial charge is 0.342 e. The highest BCUT2D eigenvalue weighted by Crippen LogP contribution is 2.30. The Balaban J connectivity index is 1.74. The summed E-state index contributed by atoms with van der Waals surface area (Å²) in [6, 6.07) is 6.50. The Morgan fingerprint density at radius 2 is 1.73 bits per heavy atom. The lowest BCUT2D eigenvalue weighted by molar-refractivity contribution is -0.137. The molecular weight excluding hydrogens is 347 g/mol. The van der Waals surface area contributed by atoms with Crippen LogP contribution in [-0.4, -0.2) is 47.5 Å². The summed E-state index contributed by atoms with van der Waals surface area (Å²) in [4.78, 5) is 23.3. The minimum atomic E-state index is -4.36. The van der Waals surface area contributed by atoms with Gasteiger partial charge in [0.15, 0.2) is 0 Å². The topological polar surface area (TPSA) is 61.4 Å². The van der Waals surface area contributed by atoms with E-state index >= 15 is 0 Å². The number of amides is 1. The van der Waals surface area contributed by atoms with E-state index < -0.39 is 11.7 Å². The molecule has 1 saturated heterocycles. The van der Waals surface area contributed by atoms with E-state index in [0.717, 1.165) is 24.2 Å². The summed E-state index contributed by atoms with van der Waals surface area (Å²) in [5, 5.41) is 3.01. The second-order valence-electron chi connectivity index (χ2n) is 6.02. The minimum Gasteiger partial charge on any atom is -0.342 e. The minimum absolute atomic E-state index is 0.505. The van der Waals surface area contributed by atoms with E-state index in [1.807, 2.05) is 11.8 Å². The normalized spacial score (nSPS) is 15.1. The molecule has 3 rings (SSSR count). The molecule has 1 aliphatic rings. The summed E-state index contributed by atoms with van der Waals surface area (Å²) in [5.41, 5.74) is 0.547. The van der Waals surface area contributed by atoms with Crippen LogP contribution in [0.5, 0.6) is 0 Å². The molecule has 1 amide bonds. The number of benzene rings is 1. The highest BCUT2D eigenvalue weighted by atomic mass is 19.4. The lowest BCUT2D eigenvalue weighted by Crippen LogP contribution is -2.46. The molecule has 1 aromatic heterocycles. The molecule has 0 unspecified atom stereocenters. The zero-order valence-corrected chi connectivity index (χ0v) is 14.1. The zero-order chi connectivity index (χ0) is 18.7. The van der Waals surface area contributed by atoms with Crippen molar-refractivity contribution in [3.05, 3.63) is 41.6 Å². The zero-order valence-electron chi connectivity index (χ0n) is 14.1. The SMILES string of the molecule is Cc1cc(Nc2ccc(C(F)(F)F)cc2)nc(N2CCN(C=O)CC2)n1. The largest absolute Gasteiger partial charge is 0.416 e. The maximum atomic E-state index is 12.6. The summed E-state index contributed by atoms with van der Waals surface area (Å²) in [5.74, 6) is 1.04. The number of piperazine rings is 1. The first-order valence-corrected chi connectivity index (χ1v) is 8.09. The molecule has 0 atom stereocenters. The van der Waals surface area contributed by atoms with Crippen molar-refractivity contribution in [2.24, 2.45) is 0 Å². The van der Waals surface area contributed by atoms with Gasteiger partial charge in [-0.05, 0) is 31.2 Å². The number of hydrogen-bond donors (Lipinski definition) is 1. The summed E-state index contributed by atoms with van der Waals surface area (Å²) < 4.78 is 37.9. The molecule has 1 N–H and O–H groups in total. The third-order valence-electron chi connectivity index (χ3n) is 4.07. The molecule has 2 heterocycles. The second-order valence-corrected chi connectivity index (χ2v) is 6.02. The molecule has 138 valence electrons. The van der Waals surface area contributed by atoms with E-state index in [2.05, 4.69) is 15.3 Å². The van der Waals surface area contributed by atoms with Crippen LogP contribution in [0.1, 0.15) is 11.3 Å². The Hall–Kier alpha value is -2.84. The van der Waals surface area contributed by atoms with Gasteiger partial charge in [-0.3, -0.25) is 4.79 Å². The fourth-order valence-electron chi connectivity index (χ4n) is 2.68. The van der Waals surface area contributed by atoms with Gasteiger partial charge in [-0.1, -0.05) is 0 Å². The van der Waals surface area contributed by atoms with Crippen LogP contribution in [-0.2, 0) is 11.0 Å². The molecule has 0 radical (unpaired) electrons. The number of rotatable bonds is 4. The van der Waals surface area contributed by atoms with Gasteiger partial charge in [0, 0.05) is 43.6 Å². The van der Waals surface area contributed by atoms with Gasteiger partial charge in [-0.15, -0.1) is 0 Å². The molecule has 1 aliphatic heterocycles. The number of hydrogen-bond acceptors (Lipinski definition) is 5. The quantitative estimate of drug-likeness (QED) is 0.845. The van der Waals surface area contributed by atoms with Gasteiger partial charge >= 0.3 is 6.18 Å². The molecule has 9 heteroatoms. The van der Waals surface area contributed by atoms with Crippen molar-refractivity contribution < 1.29 is 18.0 Å². The monoisotopic (exact) mass is 365 g/mol. The van der Waals surface area contributed by atoms with E-state index in [1.54, 1.807) is 11.0 Å². The van der Waals surface area contributed by atoms with Gasteiger partial charge in [0.2, 0.25) is 12.4 Å². The first-order chi connectivity index (χ1) is 12.3. The molecule has 26 heavy (non-hydrogen) atoms. The average molecular weight is 365 g/mol. The van der Waals surface area contributed by atoms with Gasteiger partial charge in [0.05, 0.1) is 5.56 Å². The Morgan fingerprint density at radius 3 is 2.31 bits per heavy atom. The van der Waals surface area contributed by atoms with Crippen LogP contribution in [0.15, 0.2) is 30.3 Å². The van der Waals surface area contributed by atoms with Crippen LogP contribution in [0.2, 0.25) is 0 Å². The van der Waals surface area contributed by atoms with Crippen LogP contribution in [0, 0.1) is 6.92 Å². The summed E-state index contributed by atoms with van der Waals surface area (Å²) in [7, 11) is 0. The second kappa shape index (κ2) is 7.19. The highest BCUT2D eigenvalue weighted by Gasteiger charge is 2.30. The first-order valence-electron chi connectivity index (χ1n) is 8.09. The predicted molar refractivity (Wildman–Crippen MR) is 91.3 cm³/mol. The Kier molecular flexibility index (Phi) is 4.97. The maximum Gasteiger partial charge on any atom is 0.416 e. The lowest BCUT2D eigenvalue weighted by atomic mass is 10.2. The molecule has 1 fully saturated rings. The van der Waals surface area contributed by atoms with Crippen LogP contribution in [0.4, 0.5) is 30.6 Å². The number of nitrogens with one attached hydrogen (secondary N) is 1. The van der Waals surface area contributed by atoms with Gasteiger partial charge in [-0.2, -0.15) is 18.2 Å². The molecule has 0 bridgehead atoms. The number of halogens is 3. The maximum absolute atomic E-state index is 12.6. The molecule has 2 aromatic rings. The van der Waals surface area contributed by atoms with Crippen molar-refractivity contribution in [2.45, 2.75) is 13.1 Å². The fourth-order valence-corrected chi connectivity index (χ4v) is 2.68. The number of nitrogens with zero attached hydrogens (tertiary/aromatic N) is 4. The first kappa shape index (κ1) is 18.0. The van der Waals surface area contributed by atoms with Crippen molar-refractivity contribution >= 4 is 23.9 Å². The van der Waals surface area contributed by atoms with Crippen molar-refractivity contribution in [3.63, 3.8) is 0 Å². The van der Waals surface area contributed by atoms with Gasteiger partial charge in [0.1, 0.15) is 5.82 Å². The number of carbonyl (C=O) groups is 1. The van der Waals surface area contributed by atoms with Crippen molar-refractivity contribution in [1.29, 1.82) is 0 Å². The number of carbonyl (C=O) groups excluding carboxylic acids is 1. The van der Waals surface area contributed by atoms with Gasteiger partial charge in [0.25, 0.3) is 0 Å². The van der Waals surface area contributed by atoms with E-state index in [-0.39, 0.29) is 0 Å². The van der Waals surface area contributed by atoms with Crippen LogP contribution >= 0.6 is 0 Å². The Bertz CT molecular complexity index is 771. The van der Waals surface area contributed by atoms with Crippen LogP contribution in [0.25, 0.3) is 0 Å². The van der Waals surface area contributed by atoms with Gasteiger partial charge in [-0.25, -0.2) is 4.98 Å². The Morgan fingerprint density at radius 1 is 1.08 bits per heavy atom. The van der Waals surface area contributed by atoms with Crippen molar-refractivity contribution in [3.8, 4) is 0 Å². The summed E-state index contributed by atoms with van der Waals surface area (Å²) in [6.45, 7) is 4.28. The molecule has 0 aliphatic carbocycles. The van der Waals surface area contributed by atoms with E-state index in [0.29, 0.717) is 43.6 Å². The molecule has 6 nitrogen and oxygen atoms in total. The number of aromatic nitrogens is 2. The van der Waals surface area contributed by atoms with E-state index in [1.165, 1.54) is 12.1 Å². The molecule has 0 saturated carbocycles. The fraction of sp³-hybridized carbons (Fsp3) is 0.353. The number of anilines is 3. The third-order valence-corrected chi connectivity index (χ3v) is 4.07. The third kappa shape index (κ3) is 4.22. The van der Waals surface area contributed by atoms with Crippen LogP contribution in [0.3, 0.4) is 0 Å². The van der Waals surface area contributed by atoms with Crippen LogP contribution < -0.4 is 10.2 Å². The van der Waals surface area contributed by atoms with Crippen molar-refractivity contribution in [2.75, 3.05) is 36.4 Å². The Labute approximate surface area is 148 Å². The lowest BCUT2D eigenvalue weighted by Gasteiger charge is -2.32. The average Bonchev–Trinajstić information content (AvgIpc) is 2.61. The standard InChI is InChI=1S/C17H18F3N5O/c1-12-10-15(22-14-4-2-13(3-5-14)17(18,19)20)23-16(21-12)25-8-6-24(11-26)7-9-25/h2-5,10-11H,6-9H2,1H3,(H,21,22,23). The number of aryl methyl sites for hydroxylation is 1. The van der Waals surface area contributed by atoms with Crippen molar-refractivity contribution in [1.82, 2.24) is 14.9 Å². The summed E-state index contributed by atoms with van der Waals surface area (Å²) in [6.07, 6.45) is -3.53. The molecule has 1 aromatic carbocycles. The van der Waals surface area contributed by atoms with E-state index in [4.69, 9.17) is 0 Å². The molecular formula is C17H18F3N5O.